The maximum atomic E-state index is 12.5. The number of rotatable bonds is 4. The first-order valence-electron chi connectivity index (χ1n) is 6.40. The smallest absolute Gasteiger partial charge is 0.254 e. The first-order valence-corrected chi connectivity index (χ1v) is 8.60. The molecule has 1 aromatic rings. The van der Waals surface area contributed by atoms with Crippen LogP contribution in [0.15, 0.2) is 24.3 Å². The summed E-state index contributed by atoms with van der Waals surface area (Å²) in [4.78, 5) is 13.7. The number of carbonyl (C=O) groups is 1. The molecule has 0 bridgehead atoms. The van der Waals surface area contributed by atoms with Crippen LogP contribution in [0.2, 0.25) is 5.02 Å². The van der Waals surface area contributed by atoms with Crippen molar-refractivity contribution in [3.8, 4) is 0 Å². The van der Waals surface area contributed by atoms with E-state index in [2.05, 4.69) is 0 Å². The van der Waals surface area contributed by atoms with Gasteiger partial charge in [0.2, 0.25) is 0 Å². The van der Waals surface area contributed by atoms with Crippen molar-refractivity contribution in [1.29, 1.82) is 0 Å². The van der Waals surface area contributed by atoms with E-state index in [0.717, 1.165) is 0 Å². The highest BCUT2D eigenvalue weighted by Crippen LogP contribution is 2.21. The molecule has 1 saturated heterocycles. The van der Waals surface area contributed by atoms with Gasteiger partial charge in [0, 0.05) is 17.1 Å². The van der Waals surface area contributed by atoms with Gasteiger partial charge >= 0.3 is 0 Å². The average Bonchev–Trinajstić information content (AvgIpc) is 2.69. The fourth-order valence-electron chi connectivity index (χ4n) is 2.39. The normalized spacial score (nSPS) is 24.0. The summed E-state index contributed by atoms with van der Waals surface area (Å²) in [6, 6.07) is 5.29. The quantitative estimate of drug-likeness (QED) is 0.804. The van der Waals surface area contributed by atoms with Gasteiger partial charge in [0.1, 0.15) is 0 Å². The van der Waals surface area contributed by atoms with Crippen LogP contribution < -0.4 is 0 Å². The van der Waals surface area contributed by atoms with E-state index in [0.29, 0.717) is 10.6 Å². The summed E-state index contributed by atoms with van der Waals surface area (Å²) in [5.41, 5.74) is 0.323. The molecule has 0 spiro atoms. The van der Waals surface area contributed by atoms with Gasteiger partial charge in [-0.3, -0.25) is 4.79 Å². The van der Waals surface area contributed by atoms with Crippen LogP contribution in [0, 0.1) is 0 Å². The van der Waals surface area contributed by atoms with Crippen LogP contribution in [0.5, 0.6) is 0 Å². The predicted molar refractivity (Wildman–Crippen MR) is 78.0 cm³/mol. The number of aliphatic hydroxyl groups is 2. The summed E-state index contributed by atoms with van der Waals surface area (Å²) >= 11 is 5.76. The Bertz CT molecular complexity index is 616. The maximum absolute atomic E-state index is 12.5. The minimum atomic E-state index is -3.38. The Morgan fingerprint density at radius 2 is 1.90 bits per heavy atom. The summed E-state index contributed by atoms with van der Waals surface area (Å²) in [5.74, 6) is -1.11. The van der Waals surface area contributed by atoms with Crippen molar-refractivity contribution in [2.75, 3.05) is 24.7 Å². The standard InChI is InChI=1S/C13H16ClNO5S/c14-10-3-1-9(2-4-10)13(18)15(5-6-16)11-7-21(19,20)8-12(11)17/h1-4,11-12,16-17H,5-8H2/t11-,12+/m1/s1. The monoisotopic (exact) mass is 333 g/mol. The third-order valence-electron chi connectivity index (χ3n) is 3.39. The molecule has 2 atom stereocenters. The Kier molecular flexibility index (Phi) is 4.88. The zero-order valence-electron chi connectivity index (χ0n) is 11.1. The van der Waals surface area contributed by atoms with Gasteiger partial charge in [-0.25, -0.2) is 8.42 Å². The molecule has 8 heteroatoms. The number of sulfone groups is 1. The molecule has 1 fully saturated rings. The number of halogens is 1. The van der Waals surface area contributed by atoms with Crippen molar-refractivity contribution in [3.63, 3.8) is 0 Å². The molecular formula is C13H16ClNO5S. The zero-order chi connectivity index (χ0) is 15.6. The van der Waals surface area contributed by atoms with E-state index in [4.69, 9.17) is 16.7 Å². The Labute approximate surface area is 127 Å². The minimum Gasteiger partial charge on any atom is -0.395 e. The molecule has 0 unspecified atom stereocenters. The van der Waals surface area contributed by atoms with E-state index in [9.17, 15) is 18.3 Å². The van der Waals surface area contributed by atoms with Gasteiger partial charge in [0.25, 0.3) is 5.91 Å². The van der Waals surface area contributed by atoms with Crippen molar-refractivity contribution >= 4 is 27.3 Å². The van der Waals surface area contributed by atoms with Crippen molar-refractivity contribution in [2.45, 2.75) is 12.1 Å². The maximum Gasteiger partial charge on any atom is 0.254 e. The summed E-state index contributed by atoms with van der Waals surface area (Å²) in [5, 5.41) is 19.5. The lowest BCUT2D eigenvalue weighted by molar-refractivity contribution is 0.0451. The van der Waals surface area contributed by atoms with Crippen molar-refractivity contribution < 1.29 is 23.4 Å². The second kappa shape index (κ2) is 6.31. The highest BCUT2D eigenvalue weighted by Gasteiger charge is 2.41. The Hall–Kier alpha value is -1.15. The van der Waals surface area contributed by atoms with Gasteiger partial charge in [-0.05, 0) is 24.3 Å². The van der Waals surface area contributed by atoms with E-state index in [-0.39, 0.29) is 24.7 Å². The van der Waals surface area contributed by atoms with E-state index in [1.54, 1.807) is 12.1 Å². The molecule has 1 amide bonds. The van der Waals surface area contributed by atoms with E-state index >= 15 is 0 Å². The number of carbonyl (C=O) groups excluding carboxylic acids is 1. The Morgan fingerprint density at radius 3 is 2.38 bits per heavy atom. The topological polar surface area (TPSA) is 94.9 Å². The molecule has 1 heterocycles. The van der Waals surface area contributed by atoms with Crippen LogP contribution in [0.25, 0.3) is 0 Å². The van der Waals surface area contributed by atoms with Crippen molar-refractivity contribution in [2.24, 2.45) is 0 Å². The molecule has 6 nitrogen and oxygen atoms in total. The fraction of sp³-hybridized carbons (Fsp3) is 0.462. The second-order valence-corrected chi connectivity index (χ2v) is 7.53. The molecule has 0 radical (unpaired) electrons. The summed E-state index contributed by atoms with van der Waals surface area (Å²) in [6.45, 7) is -0.360. The van der Waals surface area contributed by atoms with Gasteiger partial charge < -0.3 is 15.1 Å². The zero-order valence-corrected chi connectivity index (χ0v) is 12.7. The lowest BCUT2D eigenvalue weighted by Gasteiger charge is -2.29. The molecule has 1 aliphatic rings. The Balaban J connectivity index is 2.26. The first kappa shape index (κ1) is 16.2. The third-order valence-corrected chi connectivity index (χ3v) is 5.34. The number of hydrogen-bond donors (Lipinski definition) is 2. The summed E-state index contributed by atoms with van der Waals surface area (Å²) in [6.07, 6.45) is -1.14. The molecule has 116 valence electrons. The van der Waals surface area contributed by atoms with Crippen LogP contribution in [0.3, 0.4) is 0 Å². The van der Waals surface area contributed by atoms with Crippen LogP contribution in [0.1, 0.15) is 10.4 Å². The highest BCUT2D eigenvalue weighted by molar-refractivity contribution is 7.91. The molecule has 1 aliphatic heterocycles. The van der Waals surface area contributed by atoms with Crippen molar-refractivity contribution in [1.82, 2.24) is 4.90 Å². The average molecular weight is 334 g/mol. The summed E-state index contributed by atoms with van der Waals surface area (Å²) in [7, 11) is -3.38. The Morgan fingerprint density at radius 1 is 1.29 bits per heavy atom. The lowest BCUT2D eigenvalue weighted by atomic mass is 10.1. The number of aliphatic hydroxyl groups excluding tert-OH is 2. The molecule has 0 aromatic heterocycles. The largest absolute Gasteiger partial charge is 0.395 e. The van der Waals surface area contributed by atoms with Crippen LogP contribution >= 0.6 is 11.6 Å². The lowest BCUT2D eigenvalue weighted by Crippen LogP contribution is -2.48. The SMILES string of the molecule is O=C(c1ccc(Cl)cc1)N(CCO)[C@@H]1CS(=O)(=O)C[C@@H]1O. The molecule has 0 aliphatic carbocycles. The number of benzene rings is 1. The van der Waals surface area contributed by atoms with E-state index in [1.165, 1.54) is 17.0 Å². The molecule has 2 rings (SSSR count). The van der Waals surface area contributed by atoms with Crippen LogP contribution in [0.4, 0.5) is 0 Å². The van der Waals surface area contributed by atoms with Gasteiger partial charge in [-0.15, -0.1) is 0 Å². The summed E-state index contributed by atoms with van der Waals surface area (Å²) < 4.78 is 23.2. The van der Waals surface area contributed by atoms with Crippen LogP contribution in [-0.2, 0) is 9.84 Å². The van der Waals surface area contributed by atoms with Gasteiger partial charge in [-0.1, -0.05) is 11.6 Å². The highest BCUT2D eigenvalue weighted by atomic mass is 35.5. The predicted octanol–water partition coefficient (Wildman–Crippen LogP) is -0.0676. The number of hydrogen-bond acceptors (Lipinski definition) is 5. The van der Waals surface area contributed by atoms with E-state index in [1.807, 2.05) is 0 Å². The van der Waals surface area contributed by atoms with Crippen LogP contribution in [-0.4, -0.2) is 66.2 Å². The fourth-order valence-corrected chi connectivity index (χ4v) is 4.32. The van der Waals surface area contributed by atoms with Gasteiger partial charge in [0.05, 0.1) is 30.3 Å². The second-order valence-electron chi connectivity index (χ2n) is 4.94. The third kappa shape index (κ3) is 3.74. The van der Waals surface area contributed by atoms with E-state index < -0.39 is 27.9 Å². The van der Waals surface area contributed by atoms with Gasteiger partial charge in [0.15, 0.2) is 9.84 Å². The van der Waals surface area contributed by atoms with Gasteiger partial charge in [-0.2, -0.15) is 0 Å². The number of nitrogens with zero attached hydrogens (tertiary/aromatic N) is 1. The molecule has 0 saturated carbocycles. The number of amides is 1. The van der Waals surface area contributed by atoms with Crippen molar-refractivity contribution in [3.05, 3.63) is 34.9 Å². The molecule has 2 N–H and O–H groups in total. The molecule has 21 heavy (non-hydrogen) atoms. The first-order chi connectivity index (χ1) is 9.84. The molecule has 1 aromatic carbocycles. The molecular weight excluding hydrogens is 318 g/mol. The minimum absolute atomic E-state index is 0.0429.